The summed E-state index contributed by atoms with van der Waals surface area (Å²) < 4.78 is 97.8. The van der Waals surface area contributed by atoms with Crippen molar-refractivity contribution in [2.24, 2.45) is 4.99 Å². The molecule has 210 valence electrons. The summed E-state index contributed by atoms with van der Waals surface area (Å²) in [6, 6.07) is 7.50. The lowest BCUT2D eigenvalue weighted by Crippen LogP contribution is -2.59. The number of hydrogen-bond acceptors (Lipinski definition) is 7. The Morgan fingerprint density at radius 3 is 2.26 bits per heavy atom. The van der Waals surface area contributed by atoms with Crippen LogP contribution in [0.15, 0.2) is 50.3 Å². The van der Waals surface area contributed by atoms with Gasteiger partial charge < -0.3 is 14.8 Å². The number of hydrogen-bond donors (Lipinski definition) is 2. The third-order valence-electron chi connectivity index (χ3n) is 5.88. The number of ether oxygens (including phenoxy) is 2. The fraction of sp³-hybridized carbons (Fsp3) is 0.375. The normalized spacial score (nSPS) is 14.8. The zero-order chi connectivity index (χ0) is 28.6. The van der Waals surface area contributed by atoms with E-state index in [9.17, 15) is 35.9 Å². The van der Waals surface area contributed by atoms with Crippen molar-refractivity contribution in [2.45, 2.75) is 44.7 Å². The zero-order valence-corrected chi connectivity index (χ0v) is 21.3. The summed E-state index contributed by atoms with van der Waals surface area (Å²) >= 11 is 0.835. The number of nitrogens with zero attached hydrogens (tertiary/aromatic N) is 2. The highest BCUT2D eigenvalue weighted by atomic mass is 32.1. The molecule has 0 fully saturated rings. The van der Waals surface area contributed by atoms with Crippen molar-refractivity contribution in [3.05, 3.63) is 72.6 Å². The zero-order valence-electron chi connectivity index (χ0n) is 20.5. The Morgan fingerprint density at radius 2 is 1.67 bits per heavy atom. The number of aromatic amines is 1. The van der Waals surface area contributed by atoms with Gasteiger partial charge in [-0.1, -0.05) is 12.1 Å². The summed E-state index contributed by atoms with van der Waals surface area (Å²) in [5, 5.41) is 3.84. The molecule has 0 saturated carbocycles. The summed E-state index contributed by atoms with van der Waals surface area (Å²) in [6.07, 6.45) is -12.1. The molecule has 1 aliphatic heterocycles. The lowest BCUT2D eigenvalue weighted by molar-refractivity contribution is -0.301. The molecule has 15 heteroatoms. The molecule has 0 saturated heterocycles. The second kappa shape index (κ2) is 10.4. The van der Waals surface area contributed by atoms with Crippen LogP contribution in [0, 0.1) is 0 Å². The van der Waals surface area contributed by atoms with E-state index in [2.05, 4.69) is 10.3 Å². The number of thiophene rings is 1. The highest BCUT2D eigenvalue weighted by molar-refractivity contribution is 7.12. The van der Waals surface area contributed by atoms with Gasteiger partial charge in [0.15, 0.2) is 11.5 Å². The number of nitrogens with one attached hydrogen (secondary N) is 2. The van der Waals surface area contributed by atoms with Gasteiger partial charge in [-0.25, -0.2) is 9.79 Å². The summed E-state index contributed by atoms with van der Waals surface area (Å²) in [5.74, 6) is -0.884. The summed E-state index contributed by atoms with van der Waals surface area (Å²) in [7, 11) is 0. The fourth-order valence-corrected chi connectivity index (χ4v) is 4.88. The minimum Gasteiger partial charge on any atom is -0.490 e. The topological polar surface area (TPSA) is 97.7 Å². The van der Waals surface area contributed by atoms with Gasteiger partial charge in [0.25, 0.3) is 11.1 Å². The molecular weight excluding hydrogens is 554 g/mol. The lowest BCUT2D eigenvalue weighted by Gasteiger charge is -2.38. The molecule has 4 rings (SSSR count). The summed E-state index contributed by atoms with van der Waals surface area (Å²) in [4.78, 5) is 30.0. The first-order chi connectivity index (χ1) is 18.3. The van der Waals surface area contributed by atoms with E-state index in [-0.39, 0.29) is 17.8 Å². The standard InChI is InChI=1S/C24H22F6N4O4S/c1-3-37-14-8-7-13(12-15(14)38-4-2)9-10-34-19-17(20(35)32-21(34)36)22(23(25,26)27,24(28,29)30)33-18(31-19)16-6-5-11-39-16/h5-8,11-12H,3-4,9-10H2,1-2H3,(H,31,33)(H,32,35,36). The Kier molecular flexibility index (Phi) is 7.56. The number of H-pyrrole nitrogens is 1. The number of aryl methyl sites for hydroxylation is 1. The van der Waals surface area contributed by atoms with Crippen molar-refractivity contribution >= 4 is 23.0 Å². The Labute approximate surface area is 220 Å². The van der Waals surface area contributed by atoms with Gasteiger partial charge in [0, 0.05) is 6.54 Å². The van der Waals surface area contributed by atoms with Crippen molar-refractivity contribution in [3.8, 4) is 11.5 Å². The molecule has 0 radical (unpaired) electrons. The van der Waals surface area contributed by atoms with E-state index >= 15 is 0 Å². The Morgan fingerprint density at radius 1 is 1.00 bits per heavy atom. The SMILES string of the molecule is CCOc1ccc(CCn2c3c(c(=O)[nH]c2=O)C(C(F)(F)F)(C(F)(F)F)N=C(c2cccs2)N3)cc1OCC. The summed E-state index contributed by atoms with van der Waals surface area (Å²) in [6.45, 7) is 3.81. The molecule has 3 aromatic rings. The van der Waals surface area contributed by atoms with E-state index in [1.165, 1.54) is 17.5 Å². The van der Waals surface area contributed by atoms with Crippen LogP contribution in [-0.2, 0) is 18.5 Å². The molecule has 39 heavy (non-hydrogen) atoms. The van der Waals surface area contributed by atoms with Gasteiger partial charge in [0.05, 0.1) is 18.1 Å². The molecule has 0 amide bonds. The molecule has 0 bridgehead atoms. The number of aromatic nitrogens is 2. The average molecular weight is 577 g/mol. The van der Waals surface area contributed by atoms with Gasteiger partial charge in [-0.05, 0) is 49.4 Å². The summed E-state index contributed by atoms with van der Waals surface area (Å²) in [5.41, 5.74) is -9.15. The third kappa shape index (κ3) is 5.02. The number of fused-ring (bicyclic) bond motifs is 1. The Hall–Kier alpha value is -3.75. The molecular formula is C24H22F6N4O4S. The van der Waals surface area contributed by atoms with Gasteiger partial charge in [-0.15, -0.1) is 11.3 Å². The first kappa shape index (κ1) is 28.3. The van der Waals surface area contributed by atoms with Crippen molar-refractivity contribution in [2.75, 3.05) is 18.5 Å². The number of rotatable bonds is 8. The Bertz CT molecular complexity index is 1480. The number of amidine groups is 1. The highest BCUT2D eigenvalue weighted by Crippen LogP contribution is 2.55. The quantitative estimate of drug-likeness (QED) is 0.375. The van der Waals surface area contributed by atoms with Crippen LogP contribution >= 0.6 is 11.3 Å². The lowest BCUT2D eigenvalue weighted by atomic mass is 9.88. The van der Waals surface area contributed by atoms with E-state index in [0.29, 0.717) is 34.8 Å². The molecule has 0 spiro atoms. The second-order valence-corrected chi connectivity index (χ2v) is 9.25. The van der Waals surface area contributed by atoms with Crippen LogP contribution in [0.5, 0.6) is 11.5 Å². The fourth-order valence-electron chi connectivity index (χ4n) is 4.21. The smallest absolute Gasteiger partial charge is 0.427 e. The minimum atomic E-state index is -6.07. The maximum atomic E-state index is 14.3. The van der Waals surface area contributed by atoms with Crippen LogP contribution in [-0.4, -0.2) is 41.0 Å². The van der Waals surface area contributed by atoms with Gasteiger partial charge in [-0.3, -0.25) is 14.3 Å². The molecule has 0 atom stereocenters. The molecule has 3 heterocycles. The second-order valence-electron chi connectivity index (χ2n) is 8.30. The molecule has 2 aromatic heterocycles. The molecule has 0 aliphatic carbocycles. The van der Waals surface area contributed by atoms with Crippen molar-refractivity contribution < 1.29 is 35.8 Å². The molecule has 0 unspecified atom stereocenters. The van der Waals surface area contributed by atoms with Crippen LogP contribution in [0.3, 0.4) is 0 Å². The highest BCUT2D eigenvalue weighted by Gasteiger charge is 2.75. The average Bonchev–Trinajstić information content (AvgIpc) is 3.38. The number of alkyl halides is 6. The third-order valence-corrected chi connectivity index (χ3v) is 6.76. The van der Waals surface area contributed by atoms with Crippen LogP contribution in [0.2, 0.25) is 0 Å². The van der Waals surface area contributed by atoms with E-state index in [1.54, 1.807) is 37.0 Å². The number of halogens is 6. The predicted octanol–water partition coefficient (Wildman–Crippen LogP) is 4.83. The number of anilines is 1. The molecule has 1 aromatic carbocycles. The molecule has 2 N–H and O–H groups in total. The maximum Gasteiger partial charge on any atom is 0.427 e. The van der Waals surface area contributed by atoms with Gasteiger partial charge in [0.2, 0.25) is 0 Å². The molecule has 8 nitrogen and oxygen atoms in total. The van der Waals surface area contributed by atoms with E-state index in [0.717, 1.165) is 11.3 Å². The number of aliphatic imine (C=N–C) groups is 1. The minimum absolute atomic E-state index is 0.0108. The first-order valence-electron chi connectivity index (χ1n) is 11.6. The van der Waals surface area contributed by atoms with Crippen LogP contribution < -0.4 is 26.0 Å². The monoisotopic (exact) mass is 576 g/mol. The van der Waals surface area contributed by atoms with Gasteiger partial charge in [-0.2, -0.15) is 26.3 Å². The van der Waals surface area contributed by atoms with Crippen LogP contribution in [0.4, 0.5) is 32.2 Å². The predicted molar refractivity (Wildman–Crippen MR) is 132 cm³/mol. The van der Waals surface area contributed by atoms with Crippen molar-refractivity contribution in [3.63, 3.8) is 0 Å². The van der Waals surface area contributed by atoms with Crippen molar-refractivity contribution in [1.29, 1.82) is 0 Å². The van der Waals surface area contributed by atoms with E-state index in [4.69, 9.17) is 9.47 Å². The Balaban J connectivity index is 1.88. The van der Waals surface area contributed by atoms with Gasteiger partial charge >= 0.3 is 18.0 Å². The van der Waals surface area contributed by atoms with Gasteiger partial charge in [0.1, 0.15) is 17.2 Å². The van der Waals surface area contributed by atoms with E-state index < -0.39 is 46.4 Å². The van der Waals surface area contributed by atoms with Crippen LogP contribution in [0.1, 0.15) is 29.9 Å². The van der Waals surface area contributed by atoms with Crippen LogP contribution in [0.25, 0.3) is 0 Å². The number of benzene rings is 1. The first-order valence-corrected chi connectivity index (χ1v) is 12.5. The maximum absolute atomic E-state index is 14.3. The largest absolute Gasteiger partial charge is 0.490 e. The van der Waals surface area contributed by atoms with Crippen molar-refractivity contribution in [1.82, 2.24) is 9.55 Å². The van der Waals surface area contributed by atoms with E-state index in [1.807, 2.05) is 0 Å². The molecule has 1 aliphatic rings.